The highest BCUT2D eigenvalue weighted by molar-refractivity contribution is 8.00. The van der Waals surface area contributed by atoms with Gasteiger partial charge in [-0.2, -0.15) is 11.8 Å². The maximum Gasteiger partial charge on any atom is 0.172 e. The van der Waals surface area contributed by atoms with E-state index in [1.165, 1.54) is 0 Å². The van der Waals surface area contributed by atoms with E-state index >= 15 is 0 Å². The number of rotatable bonds is 3. The summed E-state index contributed by atoms with van der Waals surface area (Å²) in [5, 5.41) is 12.6. The third-order valence-electron chi connectivity index (χ3n) is 3.12. The van der Waals surface area contributed by atoms with E-state index in [-0.39, 0.29) is 5.84 Å². The highest BCUT2D eigenvalue weighted by atomic mass is 32.2. The lowest BCUT2D eigenvalue weighted by molar-refractivity contribution is 0.318. The zero-order valence-corrected chi connectivity index (χ0v) is 11.2. The fraction of sp³-hybridized carbons (Fsp3) is 0.500. The quantitative estimate of drug-likeness (QED) is 0.375. The maximum atomic E-state index is 8.83. The monoisotopic (exact) mass is 266 g/mol. The molecular weight excluding hydrogens is 248 g/mol. The first-order valence-electron chi connectivity index (χ1n) is 6.04. The van der Waals surface area contributed by atoms with Gasteiger partial charge in [0, 0.05) is 35.9 Å². The normalized spacial score (nSPS) is 21.1. The first-order valence-corrected chi connectivity index (χ1v) is 7.09. The number of thioether (sulfide) groups is 1. The van der Waals surface area contributed by atoms with Gasteiger partial charge in [-0.3, -0.25) is 4.98 Å². The Morgan fingerprint density at radius 2 is 2.56 bits per heavy atom. The van der Waals surface area contributed by atoms with E-state index in [1.807, 2.05) is 11.8 Å². The second-order valence-corrected chi connectivity index (χ2v) is 5.63. The van der Waals surface area contributed by atoms with Gasteiger partial charge < -0.3 is 15.8 Å². The highest BCUT2D eigenvalue weighted by Gasteiger charge is 2.22. The van der Waals surface area contributed by atoms with Crippen molar-refractivity contribution >= 4 is 23.3 Å². The van der Waals surface area contributed by atoms with Crippen LogP contribution >= 0.6 is 11.8 Å². The highest BCUT2D eigenvalue weighted by Crippen LogP contribution is 2.27. The van der Waals surface area contributed by atoms with Crippen LogP contribution in [0, 0.1) is 0 Å². The first kappa shape index (κ1) is 13.0. The number of hydrogen-bond acceptors (Lipinski definition) is 5. The standard InChI is InChI=1S/C12H18N4OS/c1-2-9-8-16(5-6-18-9)11-7-14-4-3-10(11)12(13)15-17/h3-4,7,9,17H,2,5-6,8H2,1H3,(H2,13,15). The molecule has 0 aromatic carbocycles. The molecule has 0 aliphatic carbocycles. The lowest BCUT2D eigenvalue weighted by Gasteiger charge is -2.34. The molecule has 18 heavy (non-hydrogen) atoms. The number of aromatic nitrogens is 1. The topological polar surface area (TPSA) is 74.7 Å². The number of pyridine rings is 1. The van der Waals surface area contributed by atoms with Crippen molar-refractivity contribution in [1.29, 1.82) is 0 Å². The van der Waals surface area contributed by atoms with Gasteiger partial charge in [0.1, 0.15) is 0 Å². The molecule has 5 nitrogen and oxygen atoms in total. The predicted molar refractivity (Wildman–Crippen MR) is 75.5 cm³/mol. The number of nitrogens with zero attached hydrogens (tertiary/aromatic N) is 3. The molecule has 1 unspecified atom stereocenters. The van der Waals surface area contributed by atoms with Gasteiger partial charge in [0.05, 0.1) is 11.9 Å². The second kappa shape index (κ2) is 5.95. The van der Waals surface area contributed by atoms with Gasteiger partial charge in [0.2, 0.25) is 0 Å². The van der Waals surface area contributed by atoms with E-state index in [1.54, 1.807) is 18.5 Å². The van der Waals surface area contributed by atoms with E-state index in [4.69, 9.17) is 10.9 Å². The SMILES string of the molecule is CCC1CN(c2cnccc2/C(N)=N/O)CCS1. The summed E-state index contributed by atoms with van der Waals surface area (Å²) in [5.41, 5.74) is 7.40. The van der Waals surface area contributed by atoms with Crippen molar-refractivity contribution in [3.8, 4) is 0 Å². The Kier molecular flexibility index (Phi) is 4.30. The van der Waals surface area contributed by atoms with Crippen LogP contribution in [0.3, 0.4) is 0 Å². The Labute approximate surface area is 111 Å². The summed E-state index contributed by atoms with van der Waals surface area (Å²) in [6.45, 7) is 4.16. The molecule has 1 atom stereocenters. The minimum absolute atomic E-state index is 0.138. The number of amidine groups is 1. The maximum absolute atomic E-state index is 8.83. The van der Waals surface area contributed by atoms with Crippen LogP contribution in [0.25, 0.3) is 0 Å². The Balaban J connectivity index is 2.27. The van der Waals surface area contributed by atoms with Crippen LogP contribution in [-0.2, 0) is 0 Å². The second-order valence-electron chi connectivity index (χ2n) is 4.23. The predicted octanol–water partition coefficient (Wildman–Crippen LogP) is 1.51. The average Bonchev–Trinajstić information content (AvgIpc) is 2.46. The molecule has 1 aromatic rings. The van der Waals surface area contributed by atoms with Gasteiger partial charge in [0.25, 0.3) is 0 Å². The molecule has 1 aliphatic rings. The summed E-state index contributed by atoms with van der Waals surface area (Å²) in [4.78, 5) is 6.42. The van der Waals surface area contributed by atoms with Gasteiger partial charge in [-0.15, -0.1) is 0 Å². The summed E-state index contributed by atoms with van der Waals surface area (Å²) in [5.74, 6) is 1.24. The van der Waals surface area contributed by atoms with E-state index in [0.29, 0.717) is 5.25 Å². The first-order chi connectivity index (χ1) is 8.76. The van der Waals surface area contributed by atoms with Crippen molar-refractivity contribution in [3.63, 3.8) is 0 Å². The Bertz CT molecular complexity index is 438. The lowest BCUT2D eigenvalue weighted by atomic mass is 10.1. The summed E-state index contributed by atoms with van der Waals surface area (Å²) >= 11 is 2.01. The van der Waals surface area contributed by atoms with E-state index in [2.05, 4.69) is 22.0 Å². The molecule has 0 spiro atoms. The molecular formula is C12H18N4OS. The van der Waals surface area contributed by atoms with Crippen LogP contribution < -0.4 is 10.6 Å². The largest absolute Gasteiger partial charge is 0.409 e. The Morgan fingerprint density at radius 1 is 1.72 bits per heavy atom. The molecule has 0 radical (unpaired) electrons. The van der Waals surface area contributed by atoms with Gasteiger partial charge in [-0.05, 0) is 12.5 Å². The number of hydrogen-bond donors (Lipinski definition) is 2. The fourth-order valence-electron chi connectivity index (χ4n) is 2.09. The van der Waals surface area contributed by atoms with Crippen molar-refractivity contribution in [2.75, 3.05) is 23.7 Å². The zero-order chi connectivity index (χ0) is 13.0. The fourth-order valence-corrected chi connectivity index (χ4v) is 3.27. The average molecular weight is 266 g/mol. The molecule has 1 saturated heterocycles. The summed E-state index contributed by atoms with van der Waals surface area (Å²) in [7, 11) is 0. The van der Waals surface area contributed by atoms with E-state index in [0.717, 1.165) is 36.5 Å². The summed E-state index contributed by atoms with van der Waals surface area (Å²) in [6, 6.07) is 1.78. The third-order valence-corrected chi connectivity index (χ3v) is 4.49. The Hall–Kier alpha value is -1.43. The molecule has 6 heteroatoms. The van der Waals surface area contributed by atoms with E-state index < -0.39 is 0 Å². The molecule has 1 fully saturated rings. The molecule has 0 saturated carbocycles. The lowest BCUT2D eigenvalue weighted by Crippen LogP contribution is -2.38. The van der Waals surface area contributed by atoms with Crippen LogP contribution in [0.2, 0.25) is 0 Å². The number of anilines is 1. The van der Waals surface area contributed by atoms with Gasteiger partial charge in [-0.25, -0.2) is 0 Å². The molecule has 2 rings (SSSR count). The van der Waals surface area contributed by atoms with Crippen LogP contribution in [0.15, 0.2) is 23.6 Å². The van der Waals surface area contributed by atoms with Crippen molar-refractivity contribution < 1.29 is 5.21 Å². The minimum atomic E-state index is 0.138. The smallest absolute Gasteiger partial charge is 0.172 e. The van der Waals surface area contributed by atoms with E-state index in [9.17, 15) is 0 Å². The Morgan fingerprint density at radius 3 is 3.28 bits per heavy atom. The summed E-state index contributed by atoms with van der Waals surface area (Å²) < 4.78 is 0. The van der Waals surface area contributed by atoms with Crippen LogP contribution in [0.5, 0.6) is 0 Å². The van der Waals surface area contributed by atoms with Crippen molar-refractivity contribution in [1.82, 2.24) is 4.98 Å². The van der Waals surface area contributed by atoms with Gasteiger partial charge >= 0.3 is 0 Å². The third kappa shape index (κ3) is 2.69. The van der Waals surface area contributed by atoms with Crippen molar-refractivity contribution in [3.05, 3.63) is 24.0 Å². The molecule has 2 heterocycles. The zero-order valence-electron chi connectivity index (χ0n) is 10.4. The molecule has 98 valence electrons. The summed E-state index contributed by atoms with van der Waals surface area (Å²) in [6.07, 6.45) is 4.60. The minimum Gasteiger partial charge on any atom is -0.409 e. The molecule has 1 aliphatic heterocycles. The molecule has 0 amide bonds. The van der Waals surface area contributed by atoms with Crippen LogP contribution in [0.1, 0.15) is 18.9 Å². The number of nitrogens with two attached hydrogens (primary N) is 1. The van der Waals surface area contributed by atoms with Crippen LogP contribution in [-0.4, -0.2) is 40.1 Å². The van der Waals surface area contributed by atoms with Gasteiger partial charge in [0.15, 0.2) is 5.84 Å². The van der Waals surface area contributed by atoms with Crippen molar-refractivity contribution in [2.45, 2.75) is 18.6 Å². The van der Waals surface area contributed by atoms with Crippen LogP contribution in [0.4, 0.5) is 5.69 Å². The molecule has 3 N–H and O–H groups in total. The molecule has 0 bridgehead atoms. The van der Waals surface area contributed by atoms with Crippen molar-refractivity contribution in [2.24, 2.45) is 10.9 Å². The number of oxime groups is 1. The van der Waals surface area contributed by atoms with Gasteiger partial charge in [-0.1, -0.05) is 12.1 Å². The molecule has 1 aromatic heterocycles.